The summed E-state index contributed by atoms with van der Waals surface area (Å²) in [5, 5.41) is 8.22. The Morgan fingerprint density at radius 2 is 1.51 bits per heavy atom. The molecule has 3 aromatic carbocycles. The number of primary sulfonamides is 1. The Morgan fingerprint density at radius 1 is 0.914 bits per heavy atom. The number of aromatic nitrogens is 3. The van der Waals surface area contributed by atoms with Crippen molar-refractivity contribution in [1.29, 1.82) is 0 Å². The number of carbonyl (C=O) groups excluding carboxylic acids is 1. The Bertz CT molecular complexity index is 1680. The van der Waals surface area contributed by atoms with E-state index < -0.39 is 15.9 Å². The Balaban J connectivity index is 1.68. The molecule has 176 valence electrons. The maximum atomic E-state index is 13.5. The molecule has 1 atom stereocenters. The van der Waals surface area contributed by atoms with Crippen LogP contribution in [0.15, 0.2) is 83.8 Å². The fourth-order valence-electron chi connectivity index (χ4n) is 4.03. The first-order chi connectivity index (χ1) is 16.7. The van der Waals surface area contributed by atoms with Crippen LogP contribution in [0.3, 0.4) is 0 Å². The number of hydrogen-bond donors (Lipinski definition) is 3. The second kappa shape index (κ2) is 8.49. The van der Waals surface area contributed by atoms with Crippen LogP contribution in [-0.4, -0.2) is 28.9 Å². The van der Waals surface area contributed by atoms with Crippen molar-refractivity contribution in [2.24, 2.45) is 5.14 Å². The van der Waals surface area contributed by atoms with Crippen LogP contribution in [0.4, 0.5) is 5.82 Å². The number of nitrogen functional groups attached to an aromatic ring is 1. The lowest BCUT2D eigenvalue weighted by atomic mass is 10.1. The summed E-state index contributed by atoms with van der Waals surface area (Å²) in [4.78, 5) is 22.8. The first-order valence-corrected chi connectivity index (χ1v) is 12.3. The molecule has 5 aromatic rings. The van der Waals surface area contributed by atoms with Crippen LogP contribution in [0.1, 0.15) is 28.9 Å². The van der Waals surface area contributed by atoms with Crippen LogP contribution in [0.5, 0.6) is 0 Å². The summed E-state index contributed by atoms with van der Waals surface area (Å²) in [6.07, 6.45) is 0. The van der Waals surface area contributed by atoms with E-state index in [4.69, 9.17) is 20.8 Å². The van der Waals surface area contributed by atoms with Crippen molar-refractivity contribution in [3.8, 4) is 5.69 Å². The van der Waals surface area contributed by atoms with E-state index in [9.17, 15) is 13.2 Å². The third kappa shape index (κ3) is 4.09. The highest BCUT2D eigenvalue weighted by molar-refractivity contribution is 7.89. The molecule has 2 aromatic heterocycles. The molecule has 5 N–H and O–H groups in total. The van der Waals surface area contributed by atoms with E-state index in [2.05, 4.69) is 5.32 Å². The fraction of sp³-hybridized carbons (Fsp3) is 0.0800. The van der Waals surface area contributed by atoms with E-state index in [0.717, 1.165) is 5.56 Å². The second-order valence-corrected chi connectivity index (χ2v) is 9.69. The van der Waals surface area contributed by atoms with Crippen molar-refractivity contribution in [3.63, 3.8) is 0 Å². The lowest BCUT2D eigenvalue weighted by Gasteiger charge is -2.14. The number of rotatable bonds is 5. The van der Waals surface area contributed by atoms with Crippen molar-refractivity contribution < 1.29 is 13.2 Å². The van der Waals surface area contributed by atoms with Gasteiger partial charge < -0.3 is 11.1 Å². The maximum Gasteiger partial charge on any atom is 0.257 e. The van der Waals surface area contributed by atoms with Gasteiger partial charge >= 0.3 is 0 Å². The maximum absolute atomic E-state index is 13.5. The molecule has 0 aliphatic carbocycles. The molecule has 35 heavy (non-hydrogen) atoms. The summed E-state index contributed by atoms with van der Waals surface area (Å²) in [7, 11) is -3.86. The molecular formula is C25H22N6O3S. The smallest absolute Gasteiger partial charge is 0.257 e. The zero-order valence-electron chi connectivity index (χ0n) is 18.7. The number of nitrogens with two attached hydrogens (primary N) is 2. The number of sulfonamides is 1. The Kier molecular flexibility index (Phi) is 5.46. The summed E-state index contributed by atoms with van der Waals surface area (Å²) < 4.78 is 25.0. The van der Waals surface area contributed by atoms with E-state index in [1.807, 2.05) is 61.5 Å². The van der Waals surface area contributed by atoms with E-state index in [1.165, 1.54) is 12.1 Å². The number of para-hydroxylation sites is 2. The Morgan fingerprint density at radius 3 is 2.14 bits per heavy atom. The van der Waals surface area contributed by atoms with Gasteiger partial charge in [0.2, 0.25) is 10.0 Å². The van der Waals surface area contributed by atoms with Crippen LogP contribution < -0.4 is 16.2 Å². The molecule has 1 amide bonds. The van der Waals surface area contributed by atoms with Gasteiger partial charge in [-0.1, -0.05) is 42.5 Å². The fourth-order valence-corrected chi connectivity index (χ4v) is 4.54. The third-order valence-electron chi connectivity index (χ3n) is 5.80. The monoisotopic (exact) mass is 486 g/mol. The number of carbonyl (C=O) groups is 1. The molecule has 0 aliphatic heterocycles. The number of amides is 1. The van der Waals surface area contributed by atoms with Gasteiger partial charge in [0.25, 0.3) is 5.91 Å². The van der Waals surface area contributed by atoms with Gasteiger partial charge in [0.05, 0.1) is 22.0 Å². The minimum Gasteiger partial charge on any atom is -0.384 e. The van der Waals surface area contributed by atoms with Crippen LogP contribution in [0, 0.1) is 0 Å². The molecule has 10 heteroatoms. The molecular weight excluding hydrogens is 464 g/mol. The molecule has 0 bridgehead atoms. The lowest BCUT2D eigenvalue weighted by molar-refractivity contribution is 0.0942. The Labute approximate surface area is 201 Å². The molecule has 1 unspecified atom stereocenters. The summed E-state index contributed by atoms with van der Waals surface area (Å²) in [5.74, 6) is -0.259. The molecule has 0 aliphatic rings. The molecule has 0 saturated carbocycles. The molecule has 0 spiro atoms. The summed E-state index contributed by atoms with van der Waals surface area (Å²) in [6.45, 7) is 1.88. The number of nitrogens with one attached hydrogen (secondary N) is 1. The predicted octanol–water partition coefficient (Wildman–Crippen LogP) is 3.29. The molecule has 0 saturated heterocycles. The van der Waals surface area contributed by atoms with Gasteiger partial charge in [-0.05, 0) is 48.9 Å². The van der Waals surface area contributed by atoms with Gasteiger partial charge in [0.15, 0.2) is 5.65 Å². The van der Waals surface area contributed by atoms with Gasteiger partial charge in [-0.3, -0.25) is 9.36 Å². The molecule has 2 heterocycles. The van der Waals surface area contributed by atoms with Gasteiger partial charge in [0, 0.05) is 5.69 Å². The normalized spacial score (nSPS) is 12.6. The predicted molar refractivity (Wildman–Crippen MR) is 134 cm³/mol. The SMILES string of the molecule is CC(NC(=O)c1c(N)n(-c2ccc(S(N)(=O)=O)cc2)c2nc3ccccc3nc12)c1ccccc1. The highest BCUT2D eigenvalue weighted by Gasteiger charge is 2.26. The minimum atomic E-state index is -3.86. The largest absolute Gasteiger partial charge is 0.384 e. The van der Waals surface area contributed by atoms with Crippen LogP contribution >= 0.6 is 0 Å². The van der Waals surface area contributed by atoms with Crippen LogP contribution in [0.2, 0.25) is 0 Å². The molecule has 0 fully saturated rings. The average Bonchev–Trinajstić information content (AvgIpc) is 3.13. The number of anilines is 1. The lowest BCUT2D eigenvalue weighted by Crippen LogP contribution is -2.27. The zero-order valence-corrected chi connectivity index (χ0v) is 19.5. The van der Waals surface area contributed by atoms with Gasteiger partial charge in [0.1, 0.15) is 16.9 Å². The first-order valence-electron chi connectivity index (χ1n) is 10.8. The van der Waals surface area contributed by atoms with E-state index in [-0.39, 0.29) is 22.3 Å². The molecule has 0 radical (unpaired) electrons. The van der Waals surface area contributed by atoms with Crippen molar-refractivity contribution in [1.82, 2.24) is 19.9 Å². The number of fused-ring (bicyclic) bond motifs is 2. The highest BCUT2D eigenvalue weighted by atomic mass is 32.2. The second-order valence-electron chi connectivity index (χ2n) is 8.12. The highest BCUT2D eigenvalue weighted by Crippen LogP contribution is 2.31. The summed E-state index contributed by atoms with van der Waals surface area (Å²) in [5.41, 5.74) is 10.1. The quantitative estimate of drug-likeness (QED) is 0.347. The van der Waals surface area contributed by atoms with Crippen LogP contribution in [0.25, 0.3) is 27.9 Å². The van der Waals surface area contributed by atoms with Crippen molar-refractivity contribution in [2.75, 3.05) is 5.73 Å². The van der Waals surface area contributed by atoms with Crippen molar-refractivity contribution in [3.05, 3.63) is 90.0 Å². The van der Waals surface area contributed by atoms with E-state index in [1.54, 1.807) is 16.7 Å². The van der Waals surface area contributed by atoms with E-state index in [0.29, 0.717) is 27.9 Å². The third-order valence-corrected chi connectivity index (χ3v) is 6.72. The Hall–Kier alpha value is -4.28. The molecule has 9 nitrogen and oxygen atoms in total. The molecule has 5 rings (SSSR count). The number of benzene rings is 3. The summed E-state index contributed by atoms with van der Waals surface area (Å²) >= 11 is 0. The van der Waals surface area contributed by atoms with Gasteiger partial charge in [-0.2, -0.15) is 0 Å². The number of hydrogen-bond acceptors (Lipinski definition) is 6. The van der Waals surface area contributed by atoms with E-state index >= 15 is 0 Å². The zero-order chi connectivity index (χ0) is 24.7. The first kappa shape index (κ1) is 22.5. The standard InChI is InChI=1S/C25H22N6O3S/c1-15(16-7-3-2-4-8-16)28-25(32)21-22-24(30-20-10-6-5-9-19(20)29-22)31(23(21)26)17-11-13-18(14-12-17)35(27,33)34/h2-15H,26H2,1H3,(H,28,32)(H2,27,33,34). The van der Waals surface area contributed by atoms with Gasteiger partial charge in [-0.25, -0.2) is 23.5 Å². The topological polar surface area (TPSA) is 146 Å². The van der Waals surface area contributed by atoms with Gasteiger partial charge in [-0.15, -0.1) is 0 Å². The van der Waals surface area contributed by atoms with Crippen LogP contribution in [-0.2, 0) is 10.0 Å². The number of nitrogens with zero attached hydrogens (tertiary/aromatic N) is 3. The summed E-state index contributed by atoms with van der Waals surface area (Å²) in [6, 6.07) is 22.5. The minimum absolute atomic E-state index is 0.0394. The average molecular weight is 487 g/mol. The van der Waals surface area contributed by atoms with Crippen molar-refractivity contribution in [2.45, 2.75) is 17.9 Å². The van der Waals surface area contributed by atoms with Crippen molar-refractivity contribution >= 4 is 43.9 Å².